The first-order valence-electron chi connectivity index (χ1n) is 6.57. The molecule has 0 saturated carbocycles. The molecule has 5 heteroatoms. The molecule has 3 rings (SSSR count). The van der Waals surface area contributed by atoms with Crippen LogP contribution in [-0.4, -0.2) is 15.7 Å². The first kappa shape index (κ1) is 13.3. The number of amides is 1. The number of primary amides is 1. The van der Waals surface area contributed by atoms with Crippen LogP contribution in [0.2, 0.25) is 0 Å². The van der Waals surface area contributed by atoms with Crippen molar-refractivity contribution in [2.75, 3.05) is 0 Å². The number of hydrogen-bond donors (Lipinski definition) is 1. The van der Waals surface area contributed by atoms with Gasteiger partial charge in [0.2, 0.25) is 5.91 Å². The molecule has 0 fully saturated rings. The molecule has 3 aromatic rings. The van der Waals surface area contributed by atoms with E-state index in [1.807, 2.05) is 24.3 Å². The number of nitrogens with two attached hydrogens (primary N) is 1. The minimum Gasteiger partial charge on any atom is -0.369 e. The van der Waals surface area contributed by atoms with Gasteiger partial charge in [0.1, 0.15) is 11.5 Å². The lowest BCUT2D eigenvalue weighted by molar-refractivity contribution is -0.117. The molecule has 0 aliphatic heterocycles. The van der Waals surface area contributed by atoms with Crippen LogP contribution in [-0.2, 0) is 11.2 Å². The van der Waals surface area contributed by atoms with Gasteiger partial charge in [-0.2, -0.15) is 5.10 Å². The summed E-state index contributed by atoms with van der Waals surface area (Å²) in [4.78, 5) is 11.1. The van der Waals surface area contributed by atoms with Gasteiger partial charge in [0.15, 0.2) is 0 Å². The Morgan fingerprint density at radius 3 is 2.57 bits per heavy atom. The highest BCUT2D eigenvalue weighted by Gasteiger charge is 2.14. The zero-order valence-corrected chi connectivity index (χ0v) is 11.5. The lowest BCUT2D eigenvalue weighted by atomic mass is 10.1. The van der Waals surface area contributed by atoms with Gasteiger partial charge in [-0.25, -0.2) is 9.07 Å². The summed E-state index contributed by atoms with van der Waals surface area (Å²) in [5.74, 6) is -0.861. The Kier molecular flexibility index (Phi) is 3.17. The largest absolute Gasteiger partial charge is 0.369 e. The SMILES string of the molecule is Cc1cc(CC(N)=O)n(-c2cc3ccccc3cc2F)n1. The molecule has 0 aliphatic rings. The van der Waals surface area contributed by atoms with E-state index in [0.29, 0.717) is 17.1 Å². The second kappa shape index (κ2) is 5.01. The van der Waals surface area contributed by atoms with Crippen molar-refractivity contribution in [3.63, 3.8) is 0 Å². The molecule has 4 nitrogen and oxygen atoms in total. The first-order valence-corrected chi connectivity index (χ1v) is 6.57. The number of hydrogen-bond acceptors (Lipinski definition) is 2. The number of benzene rings is 2. The summed E-state index contributed by atoms with van der Waals surface area (Å²) in [6, 6.07) is 12.4. The summed E-state index contributed by atoms with van der Waals surface area (Å²) >= 11 is 0. The van der Waals surface area contributed by atoms with Crippen LogP contribution in [0.4, 0.5) is 4.39 Å². The Bertz CT molecular complexity index is 839. The maximum atomic E-state index is 14.4. The highest BCUT2D eigenvalue weighted by Crippen LogP contribution is 2.23. The van der Waals surface area contributed by atoms with Gasteiger partial charge in [0, 0.05) is 0 Å². The molecular formula is C16H14FN3O. The monoisotopic (exact) mass is 283 g/mol. The molecule has 2 N–H and O–H groups in total. The van der Waals surface area contributed by atoms with Gasteiger partial charge < -0.3 is 5.73 Å². The Morgan fingerprint density at radius 2 is 1.90 bits per heavy atom. The predicted molar refractivity (Wildman–Crippen MR) is 78.7 cm³/mol. The number of fused-ring (bicyclic) bond motifs is 1. The maximum absolute atomic E-state index is 14.4. The van der Waals surface area contributed by atoms with Crippen LogP contribution < -0.4 is 5.73 Å². The van der Waals surface area contributed by atoms with Crippen LogP contribution in [0.1, 0.15) is 11.4 Å². The van der Waals surface area contributed by atoms with Gasteiger partial charge >= 0.3 is 0 Å². The van der Waals surface area contributed by atoms with E-state index in [1.54, 1.807) is 19.1 Å². The van der Waals surface area contributed by atoms with E-state index >= 15 is 0 Å². The van der Waals surface area contributed by atoms with E-state index in [4.69, 9.17) is 5.73 Å². The summed E-state index contributed by atoms with van der Waals surface area (Å²) in [5.41, 5.74) is 6.84. The summed E-state index contributed by atoms with van der Waals surface area (Å²) < 4.78 is 15.8. The molecule has 1 heterocycles. The highest BCUT2D eigenvalue weighted by molar-refractivity contribution is 5.84. The van der Waals surface area contributed by atoms with Crippen molar-refractivity contribution in [2.24, 2.45) is 5.73 Å². The number of nitrogens with zero attached hydrogens (tertiary/aromatic N) is 2. The Balaban J connectivity index is 2.20. The van der Waals surface area contributed by atoms with Gasteiger partial charge in [0.05, 0.1) is 17.8 Å². The van der Waals surface area contributed by atoms with Gasteiger partial charge in [-0.05, 0) is 35.9 Å². The van der Waals surface area contributed by atoms with Crippen LogP contribution in [0.15, 0.2) is 42.5 Å². The molecule has 0 aliphatic carbocycles. The average molecular weight is 283 g/mol. The molecular weight excluding hydrogens is 269 g/mol. The van der Waals surface area contributed by atoms with E-state index in [-0.39, 0.29) is 12.2 Å². The van der Waals surface area contributed by atoms with Gasteiger partial charge in [-0.3, -0.25) is 4.79 Å². The molecule has 0 unspecified atom stereocenters. The third kappa shape index (κ3) is 2.50. The highest BCUT2D eigenvalue weighted by atomic mass is 19.1. The van der Waals surface area contributed by atoms with Crippen LogP contribution in [0.25, 0.3) is 16.5 Å². The van der Waals surface area contributed by atoms with Gasteiger partial charge in [-0.1, -0.05) is 24.3 Å². The molecule has 0 spiro atoms. The van der Waals surface area contributed by atoms with E-state index in [0.717, 1.165) is 10.8 Å². The van der Waals surface area contributed by atoms with Crippen molar-refractivity contribution in [1.82, 2.24) is 9.78 Å². The molecule has 0 saturated heterocycles. The Labute approximate surface area is 121 Å². The fraction of sp³-hybridized carbons (Fsp3) is 0.125. The number of rotatable bonds is 3. The average Bonchev–Trinajstić information content (AvgIpc) is 2.77. The van der Waals surface area contributed by atoms with Crippen molar-refractivity contribution in [3.8, 4) is 5.69 Å². The molecule has 0 bridgehead atoms. The normalized spacial score (nSPS) is 11.0. The van der Waals surface area contributed by atoms with E-state index < -0.39 is 5.91 Å². The summed E-state index contributed by atoms with van der Waals surface area (Å²) in [5, 5.41) is 6.00. The van der Waals surface area contributed by atoms with E-state index in [9.17, 15) is 9.18 Å². The number of carbonyl (C=O) groups excluding carboxylic acids is 1. The predicted octanol–water partition coefficient (Wildman–Crippen LogP) is 2.50. The molecule has 2 aromatic carbocycles. The van der Waals surface area contributed by atoms with Crippen LogP contribution in [0.5, 0.6) is 0 Å². The number of aryl methyl sites for hydroxylation is 1. The van der Waals surface area contributed by atoms with Crippen LogP contribution in [0, 0.1) is 12.7 Å². The van der Waals surface area contributed by atoms with Crippen LogP contribution in [0.3, 0.4) is 0 Å². The van der Waals surface area contributed by atoms with Crippen molar-refractivity contribution >= 4 is 16.7 Å². The van der Waals surface area contributed by atoms with E-state index in [2.05, 4.69) is 5.10 Å². The molecule has 0 radical (unpaired) electrons. The minimum absolute atomic E-state index is 0.0209. The van der Waals surface area contributed by atoms with Crippen molar-refractivity contribution in [3.05, 3.63) is 59.7 Å². The van der Waals surface area contributed by atoms with Gasteiger partial charge in [-0.15, -0.1) is 0 Å². The number of halogens is 1. The number of aromatic nitrogens is 2. The third-order valence-corrected chi connectivity index (χ3v) is 3.30. The number of carbonyl (C=O) groups is 1. The summed E-state index contributed by atoms with van der Waals surface area (Å²) in [6.45, 7) is 1.79. The fourth-order valence-electron chi connectivity index (χ4n) is 2.43. The smallest absolute Gasteiger partial charge is 0.223 e. The molecule has 1 aromatic heterocycles. The second-order valence-electron chi connectivity index (χ2n) is 4.98. The topological polar surface area (TPSA) is 60.9 Å². The fourth-order valence-corrected chi connectivity index (χ4v) is 2.43. The van der Waals surface area contributed by atoms with Gasteiger partial charge in [0.25, 0.3) is 0 Å². The zero-order chi connectivity index (χ0) is 15.0. The molecule has 106 valence electrons. The molecule has 0 atom stereocenters. The maximum Gasteiger partial charge on any atom is 0.223 e. The molecule has 1 amide bonds. The third-order valence-electron chi connectivity index (χ3n) is 3.30. The van der Waals surface area contributed by atoms with Crippen molar-refractivity contribution in [1.29, 1.82) is 0 Å². The summed E-state index contributed by atoms with van der Waals surface area (Å²) in [6.07, 6.45) is 0.0209. The molecule has 21 heavy (non-hydrogen) atoms. The quantitative estimate of drug-likeness (QED) is 0.802. The van der Waals surface area contributed by atoms with Crippen LogP contribution >= 0.6 is 0 Å². The summed E-state index contributed by atoms with van der Waals surface area (Å²) in [7, 11) is 0. The minimum atomic E-state index is -0.475. The second-order valence-corrected chi connectivity index (χ2v) is 4.98. The zero-order valence-electron chi connectivity index (χ0n) is 11.5. The van der Waals surface area contributed by atoms with Crippen molar-refractivity contribution < 1.29 is 9.18 Å². The Morgan fingerprint density at radius 1 is 1.24 bits per heavy atom. The standard InChI is InChI=1S/C16H14FN3O/c1-10-6-13(9-16(18)21)20(19-10)15-8-12-5-3-2-4-11(12)7-14(15)17/h2-8H,9H2,1H3,(H2,18,21). The lowest BCUT2D eigenvalue weighted by Gasteiger charge is -2.09. The Hall–Kier alpha value is -2.69. The lowest BCUT2D eigenvalue weighted by Crippen LogP contribution is -2.16. The van der Waals surface area contributed by atoms with E-state index in [1.165, 1.54) is 10.7 Å². The first-order chi connectivity index (χ1) is 10.0. The van der Waals surface area contributed by atoms with Crippen molar-refractivity contribution in [2.45, 2.75) is 13.3 Å².